The predicted molar refractivity (Wildman–Crippen MR) is 84.5 cm³/mol. The van der Waals surface area contributed by atoms with E-state index < -0.39 is 0 Å². The number of rotatable bonds is 2. The first-order valence-electron chi connectivity index (χ1n) is 6.82. The molecule has 0 aliphatic carbocycles. The molecule has 0 radical (unpaired) electrons. The molecule has 0 aliphatic heterocycles. The molecule has 2 heterocycles. The number of nitrogens with zero attached hydrogens (tertiary/aromatic N) is 3. The zero-order chi connectivity index (χ0) is 14.9. The molecule has 0 fully saturated rings. The van der Waals surface area contributed by atoms with E-state index in [1.807, 2.05) is 24.3 Å². The number of anilines is 2. The Morgan fingerprint density at radius 3 is 2.77 bits per heavy atom. The highest BCUT2D eigenvalue weighted by Crippen LogP contribution is 2.28. The number of nitrogens with one attached hydrogen (secondary N) is 1. The van der Waals surface area contributed by atoms with Crippen molar-refractivity contribution in [2.24, 2.45) is 0 Å². The summed E-state index contributed by atoms with van der Waals surface area (Å²) >= 11 is 0. The number of pyridine rings is 1. The zero-order valence-electron chi connectivity index (χ0n) is 11.5. The van der Waals surface area contributed by atoms with Gasteiger partial charge in [0.05, 0.1) is 5.52 Å². The summed E-state index contributed by atoms with van der Waals surface area (Å²) in [4.78, 5) is 13.0. The van der Waals surface area contributed by atoms with E-state index in [4.69, 9.17) is 0 Å². The molecule has 0 unspecified atom stereocenters. The van der Waals surface area contributed by atoms with Gasteiger partial charge in [-0.3, -0.25) is 0 Å². The van der Waals surface area contributed by atoms with Crippen LogP contribution in [0.3, 0.4) is 0 Å². The molecular formula is C17H11FN4. The van der Waals surface area contributed by atoms with E-state index in [2.05, 4.69) is 20.3 Å². The highest BCUT2D eigenvalue weighted by molar-refractivity contribution is 6.08. The van der Waals surface area contributed by atoms with Gasteiger partial charge in [0.15, 0.2) is 5.82 Å². The van der Waals surface area contributed by atoms with Gasteiger partial charge in [0.2, 0.25) is 0 Å². The normalized spacial score (nSPS) is 11.0. The second-order valence-corrected chi connectivity index (χ2v) is 4.90. The molecule has 0 atom stereocenters. The summed E-state index contributed by atoms with van der Waals surface area (Å²) in [5.74, 6) is 0.284. The fraction of sp³-hybridized carbons (Fsp3) is 0. The van der Waals surface area contributed by atoms with Gasteiger partial charge in [-0.15, -0.1) is 0 Å². The van der Waals surface area contributed by atoms with Crippen molar-refractivity contribution in [3.63, 3.8) is 0 Å². The molecule has 2 aromatic carbocycles. The number of halogens is 1. The topological polar surface area (TPSA) is 50.7 Å². The van der Waals surface area contributed by atoms with Crippen LogP contribution in [0.2, 0.25) is 0 Å². The second-order valence-electron chi connectivity index (χ2n) is 4.90. The van der Waals surface area contributed by atoms with Gasteiger partial charge in [0, 0.05) is 22.7 Å². The molecular weight excluding hydrogens is 279 g/mol. The number of para-hydroxylation sites is 1. The van der Waals surface area contributed by atoms with Gasteiger partial charge in [-0.2, -0.15) is 0 Å². The summed E-state index contributed by atoms with van der Waals surface area (Å²) in [5, 5.41) is 5.04. The third kappa shape index (κ3) is 2.13. The van der Waals surface area contributed by atoms with Gasteiger partial charge in [-0.25, -0.2) is 19.3 Å². The van der Waals surface area contributed by atoms with Crippen LogP contribution in [-0.2, 0) is 0 Å². The van der Waals surface area contributed by atoms with Crippen LogP contribution >= 0.6 is 0 Å². The highest BCUT2D eigenvalue weighted by Gasteiger charge is 2.09. The molecule has 0 bridgehead atoms. The molecule has 0 spiro atoms. The molecule has 106 valence electrons. The maximum absolute atomic E-state index is 13.4. The van der Waals surface area contributed by atoms with Gasteiger partial charge in [-0.1, -0.05) is 24.3 Å². The Balaban J connectivity index is 1.95. The predicted octanol–water partition coefficient (Wildman–Crippen LogP) is 4.06. The Kier molecular flexibility index (Phi) is 2.89. The molecule has 4 nitrogen and oxygen atoms in total. The van der Waals surface area contributed by atoms with Gasteiger partial charge in [0.25, 0.3) is 0 Å². The summed E-state index contributed by atoms with van der Waals surface area (Å²) in [6, 6.07) is 14.1. The Morgan fingerprint density at radius 2 is 1.86 bits per heavy atom. The number of hydrogen-bond donors (Lipinski definition) is 1. The SMILES string of the molecule is Fc1cccc(Nc2nc3ccccc3c3cncnc23)c1. The van der Waals surface area contributed by atoms with Crippen LogP contribution in [0.4, 0.5) is 15.9 Å². The number of benzene rings is 2. The van der Waals surface area contributed by atoms with Gasteiger partial charge < -0.3 is 5.32 Å². The Bertz CT molecular complexity index is 984. The van der Waals surface area contributed by atoms with Gasteiger partial charge in [-0.05, 0) is 24.3 Å². The van der Waals surface area contributed by atoms with Crippen LogP contribution in [-0.4, -0.2) is 15.0 Å². The van der Waals surface area contributed by atoms with Crippen molar-refractivity contribution in [1.82, 2.24) is 15.0 Å². The molecule has 4 aromatic rings. The summed E-state index contributed by atoms with van der Waals surface area (Å²) in [6.45, 7) is 0. The van der Waals surface area contributed by atoms with Crippen LogP contribution < -0.4 is 5.32 Å². The van der Waals surface area contributed by atoms with Crippen LogP contribution in [0.15, 0.2) is 61.1 Å². The Hall–Kier alpha value is -3.08. The first kappa shape index (κ1) is 12.6. The first-order valence-corrected chi connectivity index (χ1v) is 6.82. The maximum Gasteiger partial charge on any atom is 0.157 e. The number of fused-ring (bicyclic) bond motifs is 3. The quantitative estimate of drug-likeness (QED) is 0.566. The molecule has 4 rings (SSSR count). The monoisotopic (exact) mass is 290 g/mol. The molecule has 0 aliphatic rings. The minimum atomic E-state index is -0.301. The van der Waals surface area contributed by atoms with Gasteiger partial charge >= 0.3 is 0 Å². The van der Waals surface area contributed by atoms with Crippen molar-refractivity contribution in [3.05, 3.63) is 66.9 Å². The van der Waals surface area contributed by atoms with Gasteiger partial charge in [0.1, 0.15) is 17.7 Å². The molecule has 1 N–H and O–H groups in total. The van der Waals surface area contributed by atoms with Crippen LogP contribution in [0, 0.1) is 5.82 Å². The molecule has 22 heavy (non-hydrogen) atoms. The summed E-state index contributed by atoms with van der Waals surface area (Å²) in [5.41, 5.74) is 2.17. The molecule has 5 heteroatoms. The smallest absolute Gasteiger partial charge is 0.157 e. The number of hydrogen-bond acceptors (Lipinski definition) is 4. The number of aromatic nitrogens is 3. The first-order chi connectivity index (χ1) is 10.8. The summed E-state index contributed by atoms with van der Waals surface area (Å²) in [7, 11) is 0. The van der Waals surface area contributed by atoms with E-state index in [9.17, 15) is 4.39 Å². The van der Waals surface area contributed by atoms with Crippen molar-refractivity contribution in [2.75, 3.05) is 5.32 Å². The van der Waals surface area contributed by atoms with Crippen LogP contribution in [0.1, 0.15) is 0 Å². The molecule has 2 aromatic heterocycles. The summed E-state index contributed by atoms with van der Waals surface area (Å²) < 4.78 is 13.4. The lowest BCUT2D eigenvalue weighted by Gasteiger charge is -2.10. The molecule has 0 saturated carbocycles. The van der Waals surface area contributed by atoms with Crippen molar-refractivity contribution in [2.45, 2.75) is 0 Å². The minimum absolute atomic E-state index is 0.301. The lowest BCUT2D eigenvalue weighted by Crippen LogP contribution is -1.98. The third-order valence-corrected chi connectivity index (χ3v) is 3.45. The maximum atomic E-state index is 13.4. The highest BCUT2D eigenvalue weighted by atomic mass is 19.1. The van der Waals surface area contributed by atoms with E-state index in [-0.39, 0.29) is 5.82 Å². The molecule has 0 amide bonds. The van der Waals surface area contributed by atoms with Crippen LogP contribution in [0.5, 0.6) is 0 Å². The van der Waals surface area contributed by atoms with Crippen molar-refractivity contribution < 1.29 is 4.39 Å². The molecule has 0 saturated heterocycles. The fourth-order valence-electron chi connectivity index (χ4n) is 2.48. The lowest BCUT2D eigenvalue weighted by atomic mass is 10.1. The Morgan fingerprint density at radius 1 is 0.955 bits per heavy atom. The van der Waals surface area contributed by atoms with Crippen LogP contribution in [0.25, 0.3) is 21.8 Å². The van der Waals surface area contributed by atoms with E-state index in [0.717, 1.165) is 16.3 Å². The lowest BCUT2D eigenvalue weighted by molar-refractivity contribution is 0.628. The zero-order valence-corrected chi connectivity index (χ0v) is 11.5. The van der Waals surface area contributed by atoms with E-state index in [1.165, 1.54) is 18.5 Å². The Labute approximate surface area is 125 Å². The van der Waals surface area contributed by atoms with E-state index in [0.29, 0.717) is 17.0 Å². The van der Waals surface area contributed by atoms with E-state index in [1.54, 1.807) is 18.3 Å². The third-order valence-electron chi connectivity index (χ3n) is 3.45. The summed E-state index contributed by atoms with van der Waals surface area (Å²) in [6.07, 6.45) is 3.25. The standard InChI is InChI=1S/C17H11FN4/c18-11-4-3-5-12(8-11)21-17-16-14(9-19-10-20-16)13-6-1-2-7-15(13)22-17/h1-10H,(H,21,22). The average Bonchev–Trinajstić information content (AvgIpc) is 2.55. The average molecular weight is 290 g/mol. The van der Waals surface area contributed by atoms with Crippen molar-refractivity contribution >= 4 is 33.3 Å². The second kappa shape index (κ2) is 5.04. The van der Waals surface area contributed by atoms with Crippen molar-refractivity contribution in [3.8, 4) is 0 Å². The fourth-order valence-corrected chi connectivity index (χ4v) is 2.48. The van der Waals surface area contributed by atoms with E-state index >= 15 is 0 Å². The largest absolute Gasteiger partial charge is 0.338 e. The minimum Gasteiger partial charge on any atom is -0.338 e. The van der Waals surface area contributed by atoms with Crippen molar-refractivity contribution in [1.29, 1.82) is 0 Å².